The predicted octanol–water partition coefficient (Wildman–Crippen LogP) is 12.3. The molecule has 7 atom stereocenters. The van der Waals surface area contributed by atoms with Crippen LogP contribution in [0.3, 0.4) is 0 Å². The van der Waals surface area contributed by atoms with Crippen molar-refractivity contribution >= 4 is 80.2 Å². The van der Waals surface area contributed by atoms with E-state index in [1.807, 2.05) is 214 Å². The van der Waals surface area contributed by atoms with Crippen LogP contribution in [0.15, 0.2) is 219 Å². The molecule has 19 nitrogen and oxygen atoms in total. The van der Waals surface area contributed by atoms with E-state index in [0.29, 0.717) is 41.3 Å². The van der Waals surface area contributed by atoms with Crippen LogP contribution in [0.1, 0.15) is 85.5 Å². The van der Waals surface area contributed by atoms with Gasteiger partial charge in [0, 0.05) is 13.2 Å². The molecule has 3 aliphatic rings. The number of hydrogen-bond donors (Lipinski definition) is 1. The van der Waals surface area contributed by atoms with E-state index in [1.54, 1.807) is 40.1 Å². The topological polar surface area (TPSA) is 207 Å². The third kappa shape index (κ3) is 22.0. The Morgan fingerprint density at radius 3 is 1.38 bits per heavy atom. The van der Waals surface area contributed by atoms with Crippen LogP contribution >= 0.6 is 63.0 Å². The summed E-state index contributed by atoms with van der Waals surface area (Å²) in [6.45, 7) is 13.6. The standard InChI is InChI=1S/C34H36N4O5S2.C27H28O5.C7H7BrN4S2.C4H8O.C4H9.Li/c1-33(42-22-26-17-11-6-12-18-26)29(41-21-25-15-9-5-10-16-25)27(23-40-20-24-13-7-4-8-14-24)43-34(33,39)28-19-35-30-31(44-2)36-32(45-3)37-38(28)30;1-27(31-19-23-15-9-4-10-16-23)25(30-18-22-13-7-3-8-14-22)24(32-26(27)28)20-29-17-21-11-5-2-6-12-21;1-13-6-5-9-3-4(8)12(5)11-7(10-6)14-2;1-2-4-5-3-1;1-3-4-2;/h4-19,27,29,39H,20-23H2,1-3H3;2-16,24-25H,17-20H2,1H3;3H,1-2H3;1-4H2;1,3-4H2,2H3;/q;;;;-1;+1/t27-,29-,33-,34?;24-,25-,27-;;;;/m11..../s1. The third-order valence-corrected chi connectivity index (χ3v) is 19.3. The van der Waals surface area contributed by atoms with Gasteiger partial charge in [0.15, 0.2) is 28.6 Å². The number of thioether (sulfide) groups is 4. The van der Waals surface area contributed by atoms with Crippen molar-refractivity contribution in [2.75, 3.05) is 51.5 Å². The van der Waals surface area contributed by atoms with Crippen LogP contribution in [0.5, 0.6) is 0 Å². The number of cyclic esters (lactones) is 1. The van der Waals surface area contributed by atoms with Gasteiger partial charge in [-0.1, -0.05) is 219 Å². The molecule has 0 radical (unpaired) electrons. The molecule has 6 aromatic carbocycles. The van der Waals surface area contributed by atoms with E-state index < -0.39 is 47.4 Å². The van der Waals surface area contributed by atoms with Gasteiger partial charge in [-0.05, 0) is 101 Å². The molecule has 0 amide bonds. The van der Waals surface area contributed by atoms with E-state index in [9.17, 15) is 9.90 Å². The summed E-state index contributed by atoms with van der Waals surface area (Å²) >= 11 is 9.35. The van der Waals surface area contributed by atoms with Gasteiger partial charge in [0.25, 0.3) is 0 Å². The summed E-state index contributed by atoms with van der Waals surface area (Å²) in [5.41, 5.74) is 4.99. The first-order valence-corrected chi connectivity index (χ1v) is 38.7. The summed E-state index contributed by atoms with van der Waals surface area (Å²) < 4.78 is 59.3. The minimum Gasteiger partial charge on any atom is -0.455 e. The number of unbranched alkanes of at least 4 members (excludes halogenated alkanes) is 1. The van der Waals surface area contributed by atoms with Crippen molar-refractivity contribution in [1.82, 2.24) is 39.2 Å². The number of aliphatic hydroxyl groups is 1. The molecule has 1 unspecified atom stereocenters. The summed E-state index contributed by atoms with van der Waals surface area (Å²) in [5.74, 6) is -2.46. The Balaban J connectivity index is 0.000000199. The van der Waals surface area contributed by atoms with Gasteiger partial charge >= 0.3 is 24.8 Å². The van der Waals surface area contributed by atoms with Crippen molar-refractivity contribution in [2.45, 2.75) is 148 Å². The van der Waals surface area contributed by atoms with Crippen LogP contribution < -0.4 is 18.9 Å². The molecule has 25 heteroatoms. The number of carbonyl (C=O) groups is 1. The van der Waals surface area contributed by atoms with E-state index in [4.69, 9.17) is 47.7 Å². The van der Waals surface area contributed by atoms with E-state index in [1.165, 1.54) is 54.5 Å². The fourth-order valence-electron chi connectivity index (χ4n) is 10.8. The zero-order valence-corrected chi connectivity index (χ0v) is 63.4. The van der Waals surface area contributed by atoms with Gasteiger partial charge in [0.05, 0.1) is 65.2 Å². The fraction of sp³-hybridized carbons (Fsp3) is 0.368. The minimum atomic E-state index is -2.02. The van der Waals surface area contributed by atoms with Crippen molar-refractivity contribution in [3.8, 4) is 0 Å². The van der Waals surface area contributed by atoms with Crippen molar-refractivity contribution in [1.29, 1.82) is 0 Å². The number of ether oxygens (including phenoxy) is 9. The Morgan fingerprint density at radius 2 is 0.950 bits per heavy atom. The number of hydrogen-bond acceptors (Lipinski definition) is 21. The van der Waals surface area contributed by atoms with Gasteiger partial charge < -0.3 is 54.7 Å². The van der Waals surface area contributed by atoms with Gasteiger partial charge in [0.2, 0.25) is 16.1 Å². The van der Waals surface area contributed by atoms with Gasteiger partial charge in [-0.25, -0.2) is 33.8 Å². The van der Waals surface area contributed by atoms with Gasteiger partial charge in [-0.15, -0.1) is 33.7 Å². The average Bonchev–Trinajstić information content (AvgIpc) is 1.56. The number of fused-ring (bicyclic) bond motifs is 2. The molecule has 3 aliphatic heterocycles. The van der Waals surface area contributed by atoms with E-state index >= 15 is 0 Å². The van der Waals surface area contributed by atoms with Crippen LogP contribution in [0.25, 0.3) is 11.3 Å². The number of rotatable bonds is 26. The first-order chi connectivity index (χ1) is 48.8. The Hall–Kier alpha value is -5.99. The van der Waals surface area contributed by atoms with Crippen molar-refractivity contribution in [3.63, 3.8) is 0 Å². The average molecular weight is 1500 g/mol. The number of carbonyl (C=O) groups excluding carboxylic acids is 1. The first kappa shape index (κ1) is 80.7. The van der Waals surface area contributed by atoms with Crippen LogP contribution in [-0.2, 0) is 92.9 Å². The molecule has 101 heavy (non-hydrogen) atoms. The van der Waals surface area contributed by atoms with Crippen LogP contribution in [0.4, 0.5) is 0 Å². The maximum absolute atomic E-state index is 12.9. The Kier molecular flexibility index (Phi) is 33.1. The second-order valence-electron chi connectivity index (χ2n) is 23.5. The Morgan fingerprint density at radius 1 is 0.554 bits per heavy atom. The van der Waals surface area contributed by atoms with Gasteiger partial charge in [0.1, 0.15) is 38.7 Å². The van der Waals surface area contributed by atoms with E-state index in [0.717, 1.165) is 73.4 Å². The SMILES string of the molecule is C1CCOC1.CSc1nc(SC)c2ncc(Br)n2n1.CSc1nc(SC)c2ncc(C3(O)O[C@H](COCc4ccccc4)[C@@H](OCc4ccccc4)[C@@]3(C)OCc3ccccc3)n2n1.C[C@]1(OCc2ccccc2)C(=O)O[C@H](COCc2ccccc2)[C@H]1OCc1ccccc1.[CH2-]CCC.[Li+]. The molecular formula is C76H88BrLiN8O11S4. The minimum absolute atomic E-state index is 0. The van der Waals surface area contributed by atoms with Crippen LogP contribution in [0, 0.1) is 6.92 Å². The van der Waals surface area contributed by atoms with Gasteiger partial charge in [-0.2, -0.15) is 6.42 Å². The van der Waals surface area contributed by atoms with Crippen LogP contribution in [-0.4, -0.2) is 137 Å². The number of nitrogens with zero attached hydrogens (tertiary/aromatic N) is 8. The molecule has 3 fully saturated rings. The molecule has 0 saturated carbocycles. The normalized spacial score (nSPS) is 20.5. The summed E-state index contributed by atoms with van der Waals surface area (Å²) in [6.07, 6.45) is 13.3. The molecule has 530 valence electrons. The molecule has 0 spiro atoms. The largest absolute Gasteiger partial charge is 1.00 e. The number of aromatic nitrogens is 8. The number of imidazole rings is 2. The summed E-state index contributed by atoms with van der Waals surface area (Å²) in [5, 5.41) is 24.7. The molecule has 0 bridgehead atoms. The quantitative estimate of drug-likeness (QED) is 0.0231. The molecule has 4 aromatic heterocycles. The monoisotopic (exact) mass is 1500 g/mol. The zero-order chi connectivity index (χ0) is 70.6. The molecular weight excluding hydrogens is 1420 g/mol. The fourth-order valence-corrected chi connectivity index (χ4v) is 13.0. The summed E-state index contributed by atoms with van der Waals surface area (Å²) in [6, 6.07) is 59.2. The molecule has 13 rings (SSSR count). The second-order valence-corrected chi connectivity index (χ2v) is 27.5. The maximum atomic E-state index is 12.9. The predicted molar refractivity (Wildman–Crippen MR) is 397 cm³/mol. The van der Waals surface area contributed by atoms with Crippen molar-refractivity contribution in [3.05, 3.63) is 245 Å². The third-order valence-electron chi connectivity index (χ3n) is 16.4. The van der Waals surface area contributed by atoms with E-state index in [2.05, 4.69) is 54.8 Å². The van der Waals surface area contributed by atoms with Crippen molar-refractivity contribution in [2.24, 2.45) is 0 Å². The molecule has 10 aromatic rings. The molecule has 0 aliphatic carbocycles. The summed E-state index contributed by atoms with van der Waals surface area (Å²) in [7, 11) is 0. The maximum Gasteiger partial charge on any atom is 1.00 e. The Labute approximate surface area is 630 Å². The van der Waals surface area contributed by atoms with E-state index in [-0.39, 0.29) is 51.9 Å². The van der Waals surface area contributed by atoms with Crippen LogP contribution in [0.2, 0.25) is 0 Å². The smallest absolute Gasteiger partial charge is 0.455 e. The summed E-state index contributed by atoms with van der Waals surface area (Å²) in [4.78, 5) is 30.7. The zero-order valence-electron chi connectivity index (χ0n) is 58.5. The first-order valence-electron chi connectivity index (χ1n) is 33.0. The van der Waals surface area contributed by atoms with Crippen molar-refractivity contribution < 1.29 is 71.4 Å². The molecule has 3 saturated heterocycles. The number of benzene rings is 6. The Bertz CT molecular complexity index is 4030. The number of esters is 1. The van der Waals surface area contributed by atoms with Gasteiger partial charge in [-0.3, -0.25) is 0 Å². The number of halogens is 1. The molecule has 1 N–H and O–H groups in total. The molecule has 7 heterocycles. The second kappa shape index (κ2) is 41.5.